The van der Waals surface area contributed by atoms with Crippen molar-refractivity contribution in [2.75, 3.05) is 0 Å². The minimum Gasteiger partial charge on any atom is -0.360 e. The lowest BCUT2D eigenvalue weighted by molar-refractivity contribution is 0.397. The number of para-hydroxylation sites is 1. The summed E-state index contributed by atoms with van der Waals surface area (Å²) in [5, 5.41) is 10.4. The van der Waals surface area contributed by atoms with Crippen molar-refractivity contribution in [2.45, 2.75) is 17.8 Å². The topological polar surface area (TPSA) is 69.1 Å². The Morgan fingerprint density at radius 2 is 1.81 bits per heavy atom. The van der Waals surface area contributed by atoms with E-state index in [1.807, 2.05) is 67.6 Å². The molecule has 0 aliphatic heterocycles. The summed E-state index contributed by atoms with van der Waals surface area (Å²) >= 11 is 1.56. The minimum absolute atomic E-state index is 0.610. The highest BCUT2D eigenvalue weighted by molar-refractivity contribution is 7.98. The molecule has 0 N–H and O–H groups in total. The zero-order valence-corrected chi connectivity index (χ0v) is 15.3. The van der Waals surface area contributed by atoms with Crippen LogP contribution in [0, 0.1) is 6.92 Å². The Bertz CT molecular complexity index is 1250. The van der Waals surface area contributed by atoms with E-state index >= 15 is 0 Å². The maximum absolute atomic E-state index is 5.50. The number of rotatable bonds is 4. The Morgan fingerprint density at radius 3 is 2.70 bits per heavy atom. The Kier molecular flexibility index (Phi) is 3.86. The van der Waals surface area contributed by atoms with Gasteiger partial charge in [-0.15, -0.1) is 5.10 Å². The molecule has 0 aliphatic rings. The fourth-order valence-electron chi connectivity index (χ4n) is 2.99. The van der Waals surface area contributed by atoms with Gasteiger partial charge in [0, 0.05) is 17.0 Å². The molecule has 3 heterocycles. The molecule has 0 atom stereocenters. The van der Waals surface area contributed by atoms with Crippen LogP contribution in [0.5, 0.6) is 0 Å². The smallest absolute Gasteiger partial charge is 0.192 e. The third-order valence-electron chi connectivity index (χ3n) is 4.23. The molecule has 2 aromatic carbocycles. The summed E-state index contributed by atoms with van der Waals surface area (Å²) in [5.74, 6) is 2.12. The first-order valence-electron chi connectivity index (χ1n) is 8.54. The summed E-state index contributed by atoms with van der Waals surface area (Å²) in [6, 6.07) is 19.9. The first-order chi connectivity index (χ1) is 13.3. The molecule has 0 spiro atoms. The van der Waals surface area contributed by atoms with E-state index in [1.54, 1.807) is 16.3 Å². The molecule has 0 fully saturated rings. The summed E-state index contributed by atoms with van der Waals surface area (Å²) in [6.45, 7) is 1.89. The van der Waals surface area contributed by atoms with Crippen molar-refractivity contribution in [3.63, 3.8) is 0 Å². The van der Waals surface area contributed by atoms with E-state index < -0.39 is 0 Å². The van der Waals surface area contributed by atoms with E-state index in [0.717, 1.165) is 44.5 Å². The number of fused-ring (bicyclic) bond motifs is 3. The summed E-state index contributed by atoms with van der Waals surface area (Å²) < 4.78 is 7.30. The first-order valence-corrected chi connectivity index (χ1v) is 9.52. The van der Waals surface area contributed by atoms with Crippen molar-refractivity contribution in [3.05, 3.63) is 72.2 Å². The molecule has 0 saturated carbocycles. The number of aromatic nitrogens is 5. The lowest BCUT2D eigenvalue weighted by atomic mass is 10.1. The highest BCUT2D eigenvalue weighted by Gasteiger charge is 2.14. The molecule has 6 nitrogen and oxygen atoms in total. The molecule has 0 amide bonds. The third kappa shape index (κ3) is 2.96. The maximum atomic E-state index is 5.50. The van der Waals surface area contributed by atoms with E-state index in [1.165, 1.54) is 0 Å². The van der Waals surface area contributed by atoms with Gasteiger partial charge in [-0.3, -0.25) is 0 Å². The van der Waals surface area contributed by atoms with Crippen molar-refractivity contribution >= 4 is 28.3 Å². The van der Waals surface area contributed by atoms with Gasteiger partial charge in [0.05, 0.1) is 11.3 Å². The molecule has 0 radical (unpaired) electrons. The lowest BCUT2D eigenvalue weighted by Gasteiger charge is -2.04. The molecular formula is C20H15N5OS. The second-order valence-corrected chi connectivity index (χ2v) is 7.08. The molecule has 0 bridgehead atoms. The zero-order valence-electron chi connectivity index (χ0n) is 14.5. The van der Waals surface area contributed by atoms with E-state index in [-0.39, 0.29) is 0 Å². The first kappa shape index (κ1) is 16.0. The van der Waals surface area contributed by atoms with Crippen LogP contribution >= 0.6 is 11.8 Å². The highest BCUT2D eigenvalue weighted by atomic mass is 32.2. The van der Waals surface area contributed by atoms with E-state index in [9.17, 15) is 0 Å². The van der Waals surface area contributed by atoms with Gasteiger partial charge in [-0.1, -0.05) is 59.4 Å². The molecule has 0 unspecified atom stereocenters. The highest BCUT2D eigenvalue weighted by Crippen LogP contribution is 2.27. The zero-order chi connectivity index (χ0) is 18.2. The number of benzene rings is 2. The van der Waals surface area contributed by atoms with E-state index in [0.29, 0.717) is 5.75 Å². The van der Waals surface area contributed by atoms with Crippen molar-refractivity contribution in [1.29, 1.82) is 0 Å². The van der Waals surface area contributed by atoms with E-state index in [4.69, 9.17) is 9.51 Å². The van der Waals surface area contributed by atoms with Gasteiger partial charge in [0.15, 0.2) is 10.8 Å². The van der Waals surface area contributed by atoms with Crippen molar-refractivity contribution < 1.29 is 4.52 Å². The molecule has 0 aliphatic carbocycles. The van der Waals surface area contributed by atoms with Crippen LogP contribution in [0.1, 0.15) is 11.6 Å². The third-order valence-corrected chi connectivity index (χ3v) is 5.18. The normalized spacial score (nSPS) is 11.4. The Morgan fingerprint density at radius 1 is 1.00 bits per heavy atom. The van der Waals surface area contributed by atoms with Crippen LogP contribution in [0.25, 0.3) is 27.8 Å². The Labute approximate surface area is 159 Å². The summed E-state index contributed by atoms with van der Waals surface area (Å²) in [4.78, 5) is 9.32. The van der Waals surface area contributed by atoms with Gasteiger partial charge in [-0.2, -0.15) is 4.52 Å². The number of nitrogens with zero attached hydrogens (tertiary/aromatic N) is 5. The molecule has 5 aromatic rings. The van der Waals surface area contributed by atoms with E-state index in [2.05, 4.69) is 15.2 Å². The number of aryl methyl sites for hydroxylation is 1. The molecule has 27 heavy (non-hydrogen) atoms. The number of hydrogen-bond acceptors (Lipinski definition) is 6. The second-order valence-electron chi connectivity index (χ2n) is 6.14. The van der Waals surface area contributed by atoms with Gasteiger partial charge in [0.25, 0.3) is 0 Å². The predicted octanol–water partition coefficient (Wildman–Crippen LogP) is 4.53. The summed E-state index contributed by atoms with van der Waals surface area (Å²) in [6.07, 6.45) is 0. The molecule has 5 rings (SSSR count). The van der Waals surface area contributed by atoms with Crippen LogP contribution in [-0.4, -0.2) is 24.7 Å². The molecule has 132 valence electrons. The van der Waals surface area contributed by atoms with Gasteiger partial charge in [-0.25, -0.2) is 9.97 Å². The summed E-state index contributed by atoms with van der Waals surface area (Å²) in [5.41, 5.74) is 3.60. The summed E-state index contributed by atoms with van der Waals surface area (Å²) in [7, 11) is 0. The van der Waals surface area contributed by atoms with Crippen molar-refractivity contribution in [2.24, 2.45) is 0 Å². The van der Waals surface area contributed by atoms with Gasteiger partial charge < -0.3 is 4.52 Å². The van der Waals surface area contributed by atoms with Gasteiger partial charge in [0.2, 0.25) is 0 Å². The maximum Gasteiger partial charge on any atom is 0.192 e. The van der Waals surface area contributed by atoms with Crippen LogP contribution < -0.4 is 0 Å². The quantitative estimate of drug-likeness (QED) is 0.340. The molecular weight excluding hydrogens is 358 g/mol. The van der Waals surface area contributed by atoms with Crippen LogP contribution in [0.4, 0.5) is 0 Å². The average Bonchev–Trinajstić information content (AvgIpc) is 3.33. The predicted molar refractivity (Wildman–Crippen MR) is 105 cm³/mol. The minimum atomic E-state index is 0.610. The number of hydrogen-bond donors (Lipinski definition) is 0. The Hall–Kier alpha value is -3.19. The Balaban J connectivity index is 1.47. The van der Waals surface area contributed by atoms with Gasteiger partial charge in [-0.05, 0) is 19.1 Å². The van der Waals surface area contributed by atoms with Crippen LogP contribution in [0.2, 0.25) is 0 Å². The van der Waals surface area contributed by atoms with Crippen molar-refractivity contribution in [1.82, 2.24) is 24.7 Å². The average molecular weight is 373 g/mol. The monoisotopic (exact) mass is 373 g/mol. The largest absolute Gasteiger partial charge is 0.360 e. The fourth-order valence-corrected chi connectivity index (χ4v) is 3.81. The SMILES string of the molecule is Cc1nc2c3ccccc3nc(SCc3cc(-c4ccccc4)no3)n2n1. The van der Waals surface area contributed by atoms with Crippen LogP contribution in [0.15, 0.2) is 70.3 Å². The number of thioether (sulfide) groups is 1. The standard InChI is InChI=1S/C20H15N5OS/c1-13-21-19-16-9-5-6-10-17(16)22-20(25(19)23-13)27-12-15-11-18(24-26-15)14-7-3-2-4-8-14/h2-11H,12H2,1H3. The van der Waals surface area contributed by atoms with Gasteiger partial charge >= 0.3 is 0 Å². The second kappa shape index (κ2) is 6.51. The lowest BCUT2D eigenvalue weighted by Crippen LogP contribution is -1.98. The molecule has 7 heteroatoms. The van der Waals surface area contributed by atoms with Crippen LogP contribution in [-0.2, 0) is 5.75 Å². The fraction of sp³-hybridized carbons (Fsp3) is 0.100. The van der Waals surface area contributed by atoms with Crippen LogP contribution in [0.3, 0.4) is 0 Å². The molecule has 3 aromatic heterocycles. The van der Waals surface area contributed by atoms with Crippen molar-refractivity contribution in [3.8, 4) is 11.3 Å². The van der Waals surface area contributed by atoms with Gasteiger partial charge in [0.1, 0.15) is 17.3 Å². The molecule has 0 saturated heterocycles.